The summed E-state index contributed by atoms with van der Waals surface area (Å²) < 4.78 is 0. The minimum Gasteiger partial charge on any atom is -0.480 e. The summed E-state index contributed by atoms with van der Waals surface area (Å²) >= 11 is 0. The van der Waals surface area contributed by atoms with Crippen LogP contribution in [-0.4, -0.2) is 82.2 Å². The van der Waals surface area contributed by atoms with E-state index < -0.39 is 36.1 Å². The molecule has 5 atom stereocenters. The molecule has 152 valence electrons. The highest BCUT2D eigenvalue weighted by Crippen LogP contribution is 2.19. The third-order valence-corrected chi connectivity index (χ3v) is 4.99. The Kier molecular flexibility index (Phi) is 7.14. The van der Waals surface area contributed by atoms with Gasteiger partial charge >= 0.3 is 5.97 Å². The van der Waals surface area contributed by atoms with Crippen LogP contribution in [0.2, 0.25) is 0 Å². The van der Waals surface area contributed by atoms with Crippen LogP contribution in [0.25, 0.3) is 0 Å². The lowest BCUT2D eigenvalue weighted by molar-refractivity contribution is -0.147. The zero-order valence-electron chi connectivity index (χ0n) is 15.6. The molecule has 2 fully saturated rings. The first-order valence-electron chi connectivity index (χ1n) is 9.28. The number of aliphatic hydroxyl groups is 1. The van der Waals surface area contributed by atoms with Gasteiger partial charge in [0.25, 0.3) is 0 Å². The average Bonchev–Trinajstić information content (AvgIpc) is 3.29. The molecule has 2 saturated heterocycles. The highest BCUT2D eigenvalue weighted by molar-refractivity contribution is 5.94. The van der Waals surface area contributed by atoms with Crippen molar-refractivity contribution in [3.63, 3.8) is 0 Å². The normalized spacial score (nSPS) is 25.5. The van der Waals surface area contributed by atoms with Gasteiger partial charge in [-0.05, 0) is 46.1 Å². The summed E-state index contributed by atoms with van der Waals surface area (Å²) in [6.45, 7) is 3.96. The fourth-order valence-electron chi connectivity index (χ4n) is 3.47. The third kappa shape index (κ3) is 5.16. The van der Waals surface area contributed by atoms with Gasteiger partial charge in [-0.1, -0.05) is 0 Å². The number of hydrogen-bond donors (Lipinski definition) is 5. The predicted molar refractivity (Wildman–Crippen MR) is 94.6 cm³/mol. The number of aliphatic hydroxyl groups excluding tert-OH is 1. The Balaban J connectivity index is 1.97. The lowest BCUT2D eigenvalue weighted by Gasteiger charge is -2.29. The van der Waals surface area contributed by atoms with Gasteiger partial charge in [0.15, 0.2) is 6.04 Å². The van der Waals surface area contributed by atoms with E-state index in [1.165, 1.54) is 11.8 Å². The van der Waals surface area contributed by atoms with Gasteiger partial charge in [-0.25, -0.2) is 4.79 Å². The van der Waals surface area contributed by atoms with Crippen molar-refractivity contribution < 1.29 is 29.4 Å². The summed E-state index contributed by atoms with van der Waals surface area (Å²) in [4.78, 5) is 49.9. The number of carboxylic acids is 1. The number of carbonyl (C=O) groups is 4. The molecule has 3 amide bonds. The SMILES string of the molecule is CC(NC(=O)C1CCCN1)C(=O)N1CCCC1C(=O)NC(C(=O)O)C(C)O. The van der Waals surface area contributed by atoms with Crippen LogP contribution >= 0.6 is 0 Å². The smallest absolute Gasteiger partial charge is 0.328 e. The zero-order valence-corrected chi connectivity index (χ0v) is 15.6. The second kappa shape index (κ2) is 9.14. The first kappa shape index (κ1) is 21.1. The minimum absolute atomic E-state index is 0.242. The quantitative estimate of drug-likeness (QED) is 0.347. The van der Waals surface area contributed by atoms with E-state index in [4.69, 9.17) is 5.11 Å². The first-order chi connectivity index (χ1) is 12.7. The standard InChI is InChI=1S/C17H28N4O6/c1-9(19-14(23)11-5-3-7-18-11)16(25)21-8-4-6-12(21)15(24)20-13(10(2)22)17(26)27/h9-13,18,22H,3-8H2,1-2H3,(H,19,23)(H,20,24)(H,26,27). The van der Waals surface area contributed by atoms with E-state index in [0.717, 1.165) is 19.4 Å². The molecule has 2 aliphatic heterocycles. The number of carboxylic acid groups (broad SMARTS) is 1. The van der Waals surface area contributed by atoms with Crippen LogP contribution in [0.3, 0.4) is 0 Å². The van der Waals surface area contributed by atoms with Gasteiger partial charge < -0.3 is 31.1 Å². The Morgan fingerprint density at radius 3 is 2.33 bits per heavy atom. The topological polar surface area (TPSA) is 148 Å². The molecule has 0 aromatic rings. The second-order valence-electron chi connectivity index (χ2n) is 7.13. The minimum atomic E-state index is -1.44. The number of carbonyl (C=O) groups excluding carboxylic acids is 3. The van der Waals surface area contributed by atoms with Gasteiger partial charge in [-0.3, -0.25) is 14.4 Å². The van der Waals surface area contributed by atoms with Crippen LogP contribution in [0.5, 0.6) is 0 Å². The molecule has 5 N–H and O–H groups in total. The van der Waals surface area contributed by atoms with Crippen molar-refractivity contribution >= 4 is 23.7 Å². The molecule has 0 bridgehead atoms. The maximum Gasteiger partial charge on any atom is 0.328 e. The summed E-state index contributed by atoms with van der Waals surface area (Å²) in [5.41, 5.74) is 0. The van der Waals surface area contributed by atoms with Gasteiger partial charge in [0, 0.05) is 6.54 Å². The van der Waals surface area contributed by atoms with E-state index in [0.29, 0.717) is 19.4 Å². The lowest BCUT2D eigenvalue weighted by atomic mass is 10.1. The molecular weight excluding hydrogens is 356 g/mol. The molecule has 10 heteroatoms. The molecule has 2 rings (SSSR count). The van der Waals surface area contributed by atoms with E-state index in [2.05, 4.69) is 16.0 Å². The number of amides is 3. The molecule has 0 saturated carbocycles. The van der Waals surface area contributed by atoms with E-state index >= 15 is 0 Å². The Labute approximate surface area is 157 Å². The Morgan fingerprint density at radius 1 is 1.07 bits per heavy atom. The summed E-state index contributed by atoms with van der Waals surface area (Å²) in [6, 6.07) is -3.36. The number of nitrogens with zero attached hydrogens (tertiary/aromatic N) is 1. The Hall–Kier alpha value is -2.20. The van der Waals surface area contributed by atoms with E-state index in [9.17, 15) is 24.3 Å². The Morgan fingerprint density at radius 2 is 1.78 bits per heavy atom. The van der Waals surface area contributed by atoms with Crippen LogP contribution in [0.15, 0.2) is 0 Å². The molecule has 0 aromatic heterocycles. The van der Waals surface area contributed by atoms with Gasteiger partial charge in [-0.15, -0.1) is 0 Å². The van der Waals surface area contributed by atoms with Gasteiger partial charge in [0.1, 0.15) is 12.1 Å². The maximum atomic E-state index is 12.7. The van der Waals surface area contributed by atoms with Crippen LogP contribution in [0.1, 0.15) is 39.5 Å². The summed E-state index contributed by atoms with van der Waals surface area (Å²) in [7, 11) is 0. The second-order valence-corrected chi connectivity index (χ2v) is 7.13. The number of aliphatic carboxylic acids is 1. The van der Waals surface area contributed by atoms with Crippen molar-refractivity contribution in [2.45, 2.75) is 69.8 Å². The zero-order chi connectivity index (χ0) is 20.1. The molecule has 2 heterocycles. The molecule has 27 heavy (non-hydrogen) atoms. The van der Waals surface area contributed by atoms with Crippen LogP contribution < -0.4 is 16.0 Å². The molecule has 2 aliphatic rings. The number of likely N-dealkylation sites (tertiary alicyclic amines) is 1. The average molecular weight is 384 g/mol. The lowest BCUT2D eigenvalue weighted by Crippen LogP contribution is -2.57. The summed E-state index contributed by atoms with van der Waals surface area (Å²) in [5, 5.41) is 26.6. The van der Waals surface area contributed by atoms with Crippen molar-refractivity contribution in [2.24, 2.45) is 0 Å². The molecule has 0 radical (unpaired) electrons. The first-order valence-corrected chi connectivity index (χ1v) is 9.28. The number of nitrogens with one attached hydrogen (secondary N) is 3. The number of rotatable bonds is 7. The van der Waals surface area contributed by atoms with Crippen LogP contribution in [0.4, 0.5) is 0 Å². The monoisotopic (exact) mass is 384 g/mol. The van der Waals surface area contributed by atoms with Crippen LogP contribution in [-0.2, 0) is 19.2 Å². The molecule has 0 aliphatic carbocycles. The molecular formula is C17H28N4O6. The van der Waals surface area contributed by atoms with Gasteiger partial charge in [0.05, 0.1) is 12.1 Å². The fraction of sp³-hybridized carbons (Fsp3) is 0.765. The summed E-state index contributed by atoms with van der Waals surface area (Å²) in [6.07, 6.45) is 1.35. The van der Waals surface area contributed by atoms with Gasteiger partial charge in [0.2, 0.25) is 17.7 Å². The molecule has 0 aromatic carbocycles. The predicted octanol–water partition coefficient (Wildman–Crippen LogP) is -1.82. The molecule has 5 unspecified atom stereocenters. The van der Waals surface area contributed by atoms with Crippen molar-refractivity contribution in [1.82, 2.24) is 20.9 Å². The van der Waals surface area contributed by atoms with Gasteiger partial charge in [-0.2, -0.15) is 0 Å². The fourth-order valence-corrected chi connectivity index (χ4v) is 3.47. The molecule has 0 spiro atoms. The highest BCUT2D eigenvalue weighted by atomic mass is 16.4. The van der Waals surface area contributed by atoms with E-state index in [-0.39, 0.29) is 17.9 Å². The highest BCUT2D eigenvalue weighted by Gasteiger charge is 2.38. The third-order valence-electron chi connectivity index (χ3n) is 4.99. The van der Waals surface area contributed by atoms with Crippen molar-refractivity contribution in [1.29, 1.82) is 0 Å². The Bertz CT molecular complexity index is 590. The van der Waals surface area contributed by atoms with Crippen molar-refractivity contribution in [3.05, 3.63) is 0 Å². The maximum absolute atomic E-state index is 12.7. The summed E-state index contributed by atoms with van der Waals surface area (Å²) in [5.74, 6) is -2.60. The van der Waals surface area contributed by atoms with E-state index in [1.807, 2.05) is 0 Å². The number of hydrogen-bond acceptors (Lipinski definition) is 6. The van der Waals surface area contributed by atoms with Crippen molar-refractivity contribution in [3.8, 4) is 0 Å². The largest absolute Gasteiger partial charge is 0.480 e. The van der Waals surface area contributed by atoms with Crippen molar-refractivity contribution in [2.75, 3.05) is 13.1 Å². The van der Waals surface area contributed by atoms with E-state index in [1.54, 1.807) is 6.92 Å². The molecule has 10 nitrogen and oxygen atoms in total. The van der Waals surface area contributed by atoms with Crippen LogP contribution in [0, 0.1) is 0 Å².